The molecule has 1 N–H and O–H groups in total. The maximum absolute atomic E-state index is 12.2. The van der Waals surface area contributed by atoms with Crippen LogP contribution in [-0.2, 0) is 0 Å². The smallest absolute Gasteiger partial charge is 0.287 e. The highest BCUT2D eigenvalue weighted by Crippen LogP contribution is 2.29. The topological polar surface area (TPSA) is 70.7 Å². The van der Waals surface area contributed by atoms with Gasteiger partial charge in [-0.1, -0.05) is 23.2 Å². The first-order valence-electron chi connectivity index (χ1n) is 7.78. The molecule has 0 saturated heterocycles. The third-order valence-corrected chi connectivity index (χ3v) is 5.08. The number of anilines is 1. The molecule has 124 valence electrons. The predicted molar refractivity (Wildman–Crippen MR) is 94.6 cm³/mol. The van der Waals surface area contributed by atoms with Gasteiger partial charge in [-0.3, -0.25) is 4.79 Å². The van der Waals surface area contributed by atoms with Gasteiger partial charge in [0.2, 0.25) is 0 Å². The van der Waals surface area contributed by atoms with Crippen LogP contribution in [0.15, 0.2) is 35.3 Å². The third-order valence-electron chi connectivity index (χ3n) is 4.33. The molecule has 0 unspecified atom stereocenters. The first-order chi connectivity index (χ1) is 11.6. The fourth-order valence-electron chi connectivity index (χ4n) is 3.03. The summed E-state index contributed by atoms with van der Waals surface area (Å²) in [6, 6.07) is 9.92. The lowest BCUT2D eigenvalue weighted by Gasteiger charge is -2.30. The molecule has 0 radical (unpaired) electrons. The van der Waals surface area contributed by atoms with Crippen LogP contribution < -0.4 is 10.9 Å². The van der Waals surface area contributed by atoms with E-state index in [0.717, 1.165) is 31.4 Å². The molecule has 1 heterocycles. The summed E-state index contributed by atoms with van der Waals surface area (Å²) in [5.41, 5.74) is 1.32. The first kappa shape index (κ1) is 16.8. The molecule has 1 fully saturated rings. The van der Waals surface area contributed by atoms with Crippen LogP contribution in [-0.4, -0.2) is 15.8 Å². The lowest BCUT2D eigenvalue weighted by atomic mass is 9.91. The fraction of sp³-hybridized carbons (Fsp3) is 0.353. The molecule has 0 amide bonds. The molecule has 24 heavy (non-hydrogen) atoms. The van der Waals surface area contributed by atoms with E-state index in [9.17, 15) is 4.79 Å². The summed E-state index contributed by atoms with van der Waals surface area (Å²) in [6.07, 6.45) is 4.97. The van der Waals surface area contributed by atoms with E-state index in [1.807, 2.05) is 12.1 Å². The van der Waals surface area contributed by atoms with Gasteiger partial charge in [-0.2, -0.15) is 10.4 Å². The van der Waals surface area contributed by atoms with E-state index in [1.165, 1.54) is 10.9 Å². The molecule has 1 aromatic heterocycles. The number of halogens is 2. The highest BCUT2D eigenvalue weighted by molar-refractivity contribution is 6.41. The van der Waals surface area contributed by atoms with Gasteiger partial charge in [-0.15, -0.1) is 0 Å². The first-order valence-corrected chi connectivity index (χ1v) is 8.53. The number of nitriles is 1. The number of benzene rings is 1. The van der Waals surface area contributed by atoms with Crippen molar-refractivity contribution in [2.75, 3.05) is 5.32 Å². The zero-order chi connectivity index (χ0) is 17.1. The van der Waals surface area contributed by atoms with Crippen molar-refractivity contribution in [3.63, 3.8) is 0 Å². The molecule has 0 aliphatic heterocycles. The van der Waals surface area contributed by atoms with Gasteiger partial charge in [-0.25, -0.2) is 4.68 Å². The average Bonchev–Trinajstić information content (AvgIpc) is 2.61. The molecule has 2 aromatic rings. The number of hydrogen-bond acceptors (Lipinski definition) is 4. The second-order valence-electron chi connectivity index (χ2n) is 5.90. The number of rotatable bonds is 3. The third kappa shape index (κ3) is 3.55. The van der Waals surface area contributed by atoms with Crippen molar-refractivity contribution in [2.24, 2.45) is 0 Å². The van der Waals surface area contributed by atoms with Crippen LogP contribution in [0.25, 0.3) is 0 Å². The number of hydrogen-bond donors (Lipinski definition) is 1. The molecular formula is C17H16Cl2N4O. The van der Waals surface area contributed by atoms with Crippen molar-refractivity contribution in [3.8, 4) is 6.07 Å². The summed E-state index contributed by atoms with van der Waals surface area (Å²) < 4.78 is 1.45. The lowest BCUT2D eigenvalue weighted by molar-refractivity contribution is 0.304. The van der Waals surface area contributed by atoms with Crippen LogP contribution in [0.3, 0.4) is 0 Å². The molecule has 1 saturated carbocycles. The molecule has 0 spiro atoms. The Morgan fingerprint density at radius 2 is 1.83 bits per heavy atom. The van der Waals surface area contributed by atoms with Gasteiger partial charge in [0.05, 0.1) is 28.9 Å². The molecule has 1 aromatic carbocycles. The predicted octanol–water partition coefficient (Wildman–Crippen LogP) is 4.02. The standard InChI is InChI=1S/C17H16Cl2N4O/c18-15-10-21-23(17(24)16(15)19)14-7-5-13(6-8-14)22-12-3-1-11(9-20)2-4-12/h1-4,10,13-14,22H,5-8H2. The largest absolute Gasteiger partial charge is 0.382 e. The van der Waals surface area contributed by atoms with Crippen molar-refractivity contribution >= 4 is 28.9 Å². The minimum atomic E-state index is -0.326. The van der Waals surface area contributed by atoms with Crippen LogP contribution in [0.1, 0.15) is 37.3 Å². The maximum atomic E-state index is 12.2. The Morgan fingerprint density at radius 1 is 1.17 bits per heavy atom. The van der Waals surface area contributed by atoms with E-state index in [-0.39, 0.29) is 21.6 Å². The van der Waals surface area contributed by atoms with Crippen LogP contribution in [0, 0.1) is 11.3 Å². The fourth-order valence-corrected chi connectivity index (χ4v) is 3.29. The Morgan fingerprint density at radius 3 is 2.46 bits per heavy atom. The van der Waals surface area contributed by atoms with Gasteiger partial charge in [0.1, 0.15) is 5.02 Å². The lowest BCUT2D eigenvalue weighted by Crippen LogP contribution is -2.33. The van der Waals surface area contributed by atoms with Crippen LogP contribution >= 0.6 is 23.2 Å². The molecule has 3 rings (SSSR count). The van der Waals surface area contributed by atoms with E-state index >= 15 is 0 Å². The van der Waals surface area contributed by atoms with Gasteiger partial charge in [-0.05, 0) is 49.9 Å². The van der Waals surface area contributed by atoms with Gasteiger partial charge < -0.3 is 5.32 Å². The summed E-state index contributed by atoms with van der Waals surface area (Å²) in [6.45, 7) is 0. The SMILES string of the molecule is N#Cc1ccc(NC2CCC(n3ncc(Cl)c(Cl)c3=O)CC2)cc1. The van der Waals surface area contributed by atoms with Gasteiger partial charge in [0.25, 0.3) is 5.56 Å². The summed E-state index contributed by atoms with van der Waals surface area (Å²) >= 11 is 11.7. The quantitative estimate of drug-likeness (QED) is 0.894. The Labute approximate surface area is 149 Å². The Balaban J connectivity index is 1.62. The molecular weight excluding hydrogens is 347 g/mol. The van der Waals surface area contributed by atoms with Crippen LogP contribution in [0.4, 0.5) is 5.69 Å². The highest BCUT2D eigenvalue weighted by atomic mass is 35.5. The second kappa shape index (κ2) is 7.25. The van der Waals surface area contributed by atoms with E-state index in [4.69, 9.17) is 28.5 Å². The van der Waals surface area contributed by atoms with E-state index in [2.05, 4.69) is 16.5 Å². The zero-order valence-electron chi connectivity index (χ0n) is 12.9. The van der Waals surface area contributed by atoms with Crippen LogP contribution in [0.5, 0.6) is 0 Å². The zero-order valence-corrected chi connectivity index (χ0v) is 14.4. The minimum absolute atomic E-state index is 0.0319. The molecule has 0 bridgehead atoms. The molecule has 0 atom stereocenters. The molecule has 7 heteroatoms. The monoisotopic (exact) mass is 362 g/mol. The van der Waals surface area contributed by atoms with Crippen molar-refractivity contribution in [3.05, 3.63) is 56.4 Å². The maximum Gasteiger partial charge on any atom is 0.287 e. The van der Waals surface area contributed by atoms with Crippen molar-refractivity contribution < 1.29 is 0 Å². The number of aromatic nitrogens is 2. The summed E-state index contributed by atoms with van der Waals surface area (Å²) in [4.78, 5) is 12.2. The van der Waals surface area contributed by atoms with E-state index < -0.39 is 0 Å². The Hall–Kier alpha value is -2.03. The second-order valence-corrected chi connectivity index (χ2v) is 6.68. The highest BCUT2D eigenvalue weighted by Gasteiger charge is 2.24. The van der Waals surface area contributed by atoms with Gasteiger partial charge in [0.15, 0.2) is 0 Å². The average molecular weight is 363 g/mol. The molecule has 1 aliphatic rings. The Kier molecular flexibility index (Phi) is 5.08. The number of nitrogens with one attached hydrogen (secondary N) is 1. The summed E-state index contributed by atoms with van der Waals surface area (Å²) in [5, 5.41) is 16.6. The number of nitrogens with zero attached hydrogens (tertiary/aromatic N) is 3. The molecule has 1 aliphatic carbocycles. The van der Waals surface area contributed by atoms with Crippen molar-refractivity contribution in [1.29, 1.82) is 5.26 Å². The van der Waals surface area contributed by atoms with Gasteiger partial charge in [0, 0.05) is 11.7 Å². The Bertz CT molecular complexity index is 818. The van der Waals surface area contributed by atoms with Gasteiger partial charge >= 0.3 is 0 Å². The van der Waals surface area contributed by atoms with Crippen molar-refractivity contribution in [1.82, 2.24) is 9.78 Å². The minimum Gasteiger partial charge on any atom is -0.382 e. The molecule has 5 nitrogen and oxygen atoms in total. The van der Waals surface area contributed by atoms with Crippen LogP contribution in [0.2, 0.25) is 10.0 Å². The van der Waals surface area contributed by atoms with E-state index in [0.29, 0.717) is 11.6 Å². The summed E-state index contributed by atoms with van der Waals surface area (Å²) in [5.74, 6) is 0. The summed E-state index contributed by atoms with van der Waals surface area (Å²) in [7, 11) is 0. The van der Waals surface area contributed by atoms with Crippen molar-refractivity contribution in [2.45, 2.75) is 37.8 Å². The normalized spacial score (nSPS) is 20.4. The van der Waals surface area contributed by atoms with E-state index in [1.54, 1.807) is 12.1 Å².